The summed E-state index contributed by atoms with van der Waals surface area (Å²) in [7, 11) is 1.27. The summed E-state index contributed by atoms with van der Waals surface area (Å²) in [4.78, 5) is 47.4. The van der Waals surface area contributed by atoms with E-state index in [1.54, 1.807) is 38.2 Å². The standard InChI is InChI=1S/C24H23N3O6S/c1-10-7-15(14(5)34-10)17-8-16(20-13(4)27-33-22(20)26-17)23(29)32-9-18(28)21-11(2)19(12(3)25-21)24(30)31-6/h7-8,25H,9H2,1-6H3. The van der Waals surface area contributed by atoms with Crippen LogP contribution < -0.4 is 0 Å². The van der Waals surface area contributed by atoms with E-state index >= 15 is 0 Å². The molecule has 4 rings (SSSR count). The number of H-pyrrole nitrogens is 1. The summed E-state index contributed by atoms with van der Waals surface area (Å²) in [6.45, 7) is 8.46. The van der Waals surface area contributed by atoms with E-state index in [9.17, 15) is 14.4 Å². The normalized spacial score (nSPS) is 11.1. The highest BCUT2D eigenvalue weighted by Crippen LogP contribution is 2.33. The zero-order valence-electron chi connectivity index (χ0n) is 19.6. The van der Waals surface area contributed by atoms with Crippen molar-refractivity contribution in [2.45, 2.75) is 34.6 Å². The maximum absolute atomic E-state index is 13.1. The molecule has 4 heterocycles. The predicted octanol–water partition coefficient (Wildman–Crippen LogP) is 4.65. The van der Waals surface area contributed by atoms with Crippen LogP contribution >= 0.6 is 11.3 Å². The van der Waals surface area contributed by atoms with Crippen molar-refractivity contribution in [2.75, 3.05) is 13.7 Å². The lowest BCUT2D eigenvalue weighted by Gasteiger charge is -2.08. The fourth-order valence-corrected chi connectivity index (χ4v) is 4.93. The van der Waals surface area contributed by atoms with Crippen molar-refractivity contribution in [1.29, 1.82) is 0 Å². The largest absolute Gasteiger partial charge is 0.465 e. The second-order valence-corrected chi connectivity index (χ2v) is 9.41. The van der Waals surface area contributed by atoms with Crippen LogP contribution in [-0.2, 0) is 9.47 Å². The van der Waals surface area contributed by atoms with Crippen molar-refractivity contribution in [3.8, 4) is 11.3 Å². The Hall–Kier alpha value is -3.79. The molecule has 176 valence electrons. The van der Waals surface area contributed by atoms with Crippen LogP contribution in [0.25, 0.3) is 22.4 Å². The molecule has 1 N–H and O–H groups in total. The summed E-state index contributed by atoms with van der Waals surface area (Å²) in [5.41, 5.74) is 3.79. The molecule has 0 aromatic carbocycles. The number of carbonyl (C=O) groups is 3. The van der Waals surface area contributed by atoms with E-state index in [0.717, 1.165) is 15.3 Å². The number of ether oxygens (including phenoxy) is 2. The van der Waals surface area contributed by atoms with E-state index in [1.807, 2.05) is 19.9 Å². The molecule has 0 bridgehead atoms. The van der Waals surface area contributed by atoms with Gasteiger partial charge in [0.15, 0.2) is 6.61 Å². The number of thiophene rings is 1. The van der Waals surface area contributed by atoms with Crippen LogP contribution in [0.3, 0.4) is 0 Å². The van der Waals surface area contributed by atoms with Crippen LogP contribution in [0.15, 0.2) is 16.7 Å². The van der Waals surface area contributed by atoms with Gasteiger partial charge in [-0.25, -0.2) is 14.6 Å². The Morgan fingerprint density at radius 3 is 2.47 bits per heavy atom. The summed E-state index contributed by atoms with van der Waals surface area (Å²) in [5, 5.41) is 4.37. The smallest absolute Gasteiger partial charge is 0.339 e. The van der Waals surface area contributed by atoms with E-state index < -0.39 is 24.3 Å². The first-order chi connectivity index (χ1) is 16.1. The van der Waals surface area contributed by atoms with Gasteiger partial charge in [0.2, 0.25) is 5.78 Å². The molecule has 0 aliphatic heterocycles. The van der Waals surface area contributed by atoms with Crippen molar-refractivity contribution >= 4 is 40.2 Å². The molecule has 0 saturated heterocycles. The maximum Gasteiger partial charge on any atom is 0.339 e. The molecule has 9 nitrogen and oxygen atoms in total. The van der Waals surface area contributed by atoms with Gasteiger partial charge in [-0.2, -0.15) is 0 Å². The third kappa shape index (κ3) is 4.01. The van der Waals surface area contributed by atoms with E-state index in [1.165, 1.54) is 7.11 Å². The molecule has 0 radical (unpaired) electrons. The van der Waals surface area contributed by atoms with Crippen LogP contribution in [0.4, 0.5) is 0 Å². The van der Waals surface area contributed by atoms with E-state index in [4.69, 9.17) is 14.0 Å². The zero-order chi connectivity index (χ0) is 24.7. The first kappa shape index (κ1) is 23.4. The van der Waals surface area contributed by atoms with E-state index in [0.29, 0.717) is 33.6 Å². The average molecular weight is 482 g/mol. The molecule has 4 aromatic rings. The SMILES string of the molecule is COC(=O)c1c(C)[nH]c(C(=O)COC(=O)c2cc(-c3cc(C)sc3C)nc3onc(C)c23)c1C. The topological polar surface area (TPSA) is 124 Å². The monoisotopic (exact) mass is 481 g/mol. The molecule has 0 fully saturated rings. The third-order valence-corrected chi connectivity index (χ3v) is 6.56. The number of nitrogens with zero attached hydrogens (tertiary/aromatic N) is 2. The number of rotatable bonds is 6. The van der Waals surface area contributed by atoms with Gasteiger partial charge in [0.25, 0.3) is 5.71 Å². The van der Waals surface area contributed by atoms with Crippen molar-refractivity contribution in [1.82, 2.24) is 15.1 Å². The summed E-state index contributed by atoms with van der Waals surface area (Å²) >= 11 is 1.63. The van der Waals surface area contributed by atoms with Gasteiger partial charge in [-0.3, -0.25) is 4.79 Å². The molecule has 4 aromatic heterocycles. The van der Waals surface area contributed by atoms with Crippen molar-refractivity contribution < 1.29 is 28.4 Å². The molecule has 10 heteroatoms. The fraction of sp³-hybridized carbons (Fsp3) is 0.292. The van der Waals surface area contributed by atoms with E-state index in [2.05, 4.69) is 15.1 Å². The second kappa shape index (κ2) is 8.86. The number of hydrogen-bond donors (Lipinski definition) is 1. The number of esters is 2. The van der Waals surface area contributed by atoms with Gasteiger partial charge in [0.1, 0.15) is 0 Å². The van der Waals surface area contributed by atoms with Gasteiger partial charge in [0.05, 0.1) is 40.7 Å². The van der Waals surface area contributed by atoms with E-state index in [-0.39, 0.29) is 17.0 Å². The Morgan fingerprint density at radius 2 is 1.82 bits per heavy atom. The van der Waals surface area contributed by atoms with Crippen LogP contribution in [0.1, 0.15) is 57.9 Å². The number of aromatic amines is 1. The number of ketones is 1. The van der Waals surface area contributed by atoms with Crippen LogP contribution in [0, 0.1) is 34.6 Å². The highest BCUT2D eigenvalue weighted by Gasteiger charge is 2.25. The molecule has 0 saturated carbocycles. The lowest BCUT2D eigenvalue weighted by atomic mass is 10.1. The van der Waals surface area contributed by atoms with Gasteiger partial charge in [0, 0.05) is 21.0 Å². The van der Waals surface area contributed by atoms with Crippen LogP contribution in [0.5, 0.6) is 0 Å². The quantitative estimate of drug-likeness (QED) is 0.312. The van der Waals surface area contributed by atoms with Gasteiger partial charge >= 0.3 is 11.9 Å². The molecule has 0 atom stereocenters. The van der Waals surface area contributed by atoms with Gasteiger partial charge < -0.3 is 19.0 Å². The summed E-state index contributed by atoms with van der Waals surface area (Å²) in [6, 6.07) is 3.62. The number of aryl methyl sites for hydroxylation is 4. The molecule has 0 spiro atoms. The Labute approximate surface area is 199 Å². The molecule has 34 heavy (non-hydrogen) atoms. The van der Waals surface area contributed by atoms with Crippen LogP contribution in [0.2, 0.25) is 0 Å². The maximum atomic E-state index is 13.1. The first-order valence-corrected chi connectivity index (χ1v) is 11.3. The first-order valence-electron chi connectivity index (χ1n) is 10.4. The minimum Gasteiger partial charge on any atom is -0.465 e. The minimum atomic E-state index is -0.702. The fourth-order valence-electron chi connectivity index (χ4n) is 4.00. The summed E-state index contributed by atoms with van der Waals surface area (Å²) < 4.78 is 15.5. The number of methoxy groups -OCH3 is 1. The number of hydrogen-bond acceptors (Lipinski definition) is 9. The zero-order valence-corrected chi connectivity index (χ0v) is 20.4. The molecule has 0 aliphatic carbocycles. The Kier molecular flexibility index (Phi) is 6.09. The van der Waals surface area contributed by atoms with Crippen molar-refractivity contribution in [3.63, 3.8) is 0 Å². The summed E-state index contributed by atoms with van der Waals surface area (Å²) in [6.07, 6.45) is 0. The Balaban J connectivity index is 1.64. The number of nitrogens with one attached hydrogen (secondary N) is 1. The Bertz CT molecular complexity index is 1460. The van der Waals surface area contributed by atoms with Crippen molar-refractivity contribution in [3.05, 3.63) is 55.7 Å². The predicted molar refractivity (Wildman–Crippen MR) is 126 cm³/mol. The molecular formula is C24H23N3O6S. The highest BCUT2D eigenvalue weighted by molar-refractivity contribution is 7.12. The molecule has 0 amide bonds. The van der Waals surface area contributed by atoms with Crippen LogP contribution in [-0.4, -0.2) is 46.6 Å². The third-order valence-electron chi connectivity index (χ3n) is 5.59. The van der Waals surface area contributed by atoms with Crippen molar-refractivity contribution in [2.24, 2.45) is 0 Å². The molecule has 0 unspecified atom stereocenters. The van der Waals surface area contributed by atoms with Gasteiger partial charge in [-0.05, 0) is 52.3 Å². The average Bonchev–Trinajstić information content (AvgIpc) is 3.44. The number of aromatic nitrogens is 3. The minimum absolute atomic E-state index is 0.191. The number of carbonyl (C=O) groups excluding carboxylic acids is 3. The number of fused-ring (bicyclic) bond motifs is 1. The molecular weight excluding hydrogens is 458 g/mol. The lowest BCUT2D eigenvalue weighted by Crippen LogP contribution is -2.16. The lowest BCUT2D eigenvalue weighted by molar-refractivity contribution is 0.0475. The van der Waals surface area contributed by atoms with Gasteiger partial charge in [-0.1, -0.05) is 5.16 Å². The Morgan fingerprint density at radius 1 is 1.09 bits per heavy atom. The number of Topliss-reactive ketones (excluding diaryl/α,β-unsaturated/α-hetero) is 1. The number of pyridine rings is 1. The highest BCUT2D eigenvalue weighted by atomic mass is 32.1. The summed E-state index contributed by atoms with van der Waals surface area (Å²) in [5.74, 6) is -1.72. The molecule has 0 aliphatic rings. The second-order valence-electron chi connectivity index (χ2n) is 7.95. The van der Waals surface area contributed by atoms with Gasteiger partial charge in [-0.15, -0.1) is 11.3 Å².